The summed E-state index contributed by atoms with van der Waals surface area (Å²) in [7, 11) is 0.00367. The lowest BCUT2D eigenvalue weighted by Gasteiger charge is -2.27. The highest BCUT2D eigenvalue weighted by Crippen LogP contribution is 2.27. The summed E-state index contributed by atoms with van der Waals surface area (Å²) in [5.41, 5.74) is 0.532. The van der Waals surface area contributed by atoms with Gasteiger partial charge in [-0.3, -0.25) is 0 Å². The second-order valence-electron chi connectivity index (χ2n) is 4.38. The molecule has 0 aromatic rings. The summed E-state index contributed by atoms with van der Waals surface area (Å²) >= 11 is 0. The summed E-state index contributed by atoms with van der Waals surface area (Å²) < 4.78 is 5.68. The fraction of sp³-hybridized carbons (Fsp3) is 1.00. The average Bonchev–Trinajstić information content (AvgIpc) is 1.85. The summed E-state index contributed by atoms with van der Waals surface area (Å²) in [4.78, 5) is 0. The maximum Gasteiger partial charge on any atom is 0.158 e. The highest BCUT2D eigenvalue weighted by atomic mass is 28.2. The minimum absolute atomic E-state index is 0.205. The predicted octanol–water partition coefficient (Wildman–Crippen LogP) is 1.57. The first-order valence-corrected chi connectivity index (χ1v) is 9.54. The van der Waals surface area contributed by atoms with Crippen LogP contribution in [0.25, 0.3) is 0 Å². The lowest BCUT2D eigenvalue weighted by atomic mass is 9.89. The Labute approximate surface area is 82.0 Å². The fourth-order valence-corrected chi connectivity index (χ4v) is 4.15. The van der Waals surface area contributed by atoms with E-state index < -0.39 is 0 Å². The van der Waals surface area contributed by atoms with Gasteiger partial charge in [0.1, 0.15) is 0 Å². The molecular formula is C9H24OSi2. The van der Waals surface area contributed by atoms with E-state index in [1.54, 1.807) is 0 Å². The standard InChI is InChI=1S/C9H24OSi2/c1-8(10-12-5)6-9(2,3)7-11-4/h8H,6-7,11-12H2,1-5H3. The molecule has 1 nitrogen and oxygen atoms in total. The first kappa shape index (κ1) is 12.4. The lowest BCUT2D eigenvalue weighted by molar-refractivity contribution is 0.168. The smallest absolute Gasteiger partial charge is 0.158 e. The van der Waals surface area contributed by atoms with Crippen molar-refractivity contribution in [1.29, 1.82) is 0 Å². The van der Waals surface area contributed by atoms with Crippen LogP contribution in [0.4, 0.5) is 0 Å². The monoisotopic (exact) mass is 204 g/mol. The molecular weight excluding hydrogens is 180 g/mol. The van der Waals surface area contributed by atoms with Crippen LogP contribution >= 0.6 is 0 Å². The van der Waals surface area contributed by atoms with Crippen LogP contribution in [0, 0.1) is 5.41 Å². The Morgan fingerprint density at radius 1 is 1.33 bits per heavy atom. The zero-order valence-electron chi connectivity index (χ0n) is 9.31. The van der Waals surface area contributed by atoms with Gasteiger partial charge in [-0.25, -0.2) is 0 Å². The Morgan fingerprint density at radius 3 is 2.33 bits per heavy atom. The van der Waals surface area contributed by atoms with Gasteiger partial charge in [-0.2, -0.15) is 0 Å². The quantitative estimate of drug-likeness (QED) is 0.597. The van der Waals surface area contributed by atoms with Crippen molar-refractivity contribution in [2.45, 2.75) is 52.4 Å². The molecule has 0 rings (SSSR count). The Morgan fingerprint density at radius 2 is 1.92 bits per heavy atom. The van der Waals surface area contributed by atoms with Gasteiger partial charge in [0, 0.05) is 15.6 Å². The van der Waals surface area contributed by atoms with Gasteiger partial charge in [0.2, 0.25) is 0 Å². The Balaban J connectivity index is 3.70. The van der Waals surface area contributed by atoms with Crippen LogP contribution in [0.2, 0.25) is 19.1 Å². The third-order valence-electron chi connectivity index (χ3n) is 2.22. The van der Waals surface area contributed by atoms with E-state index in [9.17, 15) is 0 Å². The second-order valence-corrected chi connectivity index (χ2v) is 6.79. The summed E-state index contributed by atoms with van der Waals surface area (Å²) in [5, 5.41) is 0. The van der Waals surface area contributed by atoms with Crippen LogP contribution in [-0.4, -0.2) is 25.4 Å². The molecule has 0 N–H and O–H groups in total. The zero-order valence-corrected chi connectivity index (χ0v) is 12.1. The van der Waals surface area contributed by atoms with Gasteiger partial charge in [-0.1, -0.05) is 33.0 Å². The van der Waals surface area contributed by atoms with Crippen molar-refractivity contribution in [3.63, 3.8) is 0 Å². The van der Waals surface area contributed by atoms with Gasteiger partial charge in [-0.05, 0) is 18.8 Å². The van der Waals surface area contributed by atoms with Crippen LogP contribution < -0.4 is 0 Å². The maximum atomic E-state index is 5.68. The first-order valence-electron chi connectivity index (χ1n) is 5.13. The van der Waals surface area contributed by atoms with Crippen molar-refractivity contribution in [2.24, 2.45) is 5.41 Å². The summed E-state index contributed by atoms with van der Waals surface area (Å²) in [6, 6.07) is 1.45. The van der Waals surface area contributed by atoms with E-state index in [0.29, 0.717) is 11.5 Å². The average molecular weight is 204 g/mol. The van der Waals surface area contributed by atoms with Crippen molar-refractivity contribution >= 4 is 19.3 Å². The second kappa shape index (κ2) is 5.94. The summed E-state index contributed by atoms with van der Waals surface area (Å²) in [6.07, 6.45) is 1.74. The van der Waals surface area contributed by atoms with Crippen LogP contribution in [0.5, 0.6) is 0 Å². The van der Waals surface area contributed by atoms with Crippen LogP contribution in [0.3, 0.4) is 0 Å². The van der Waals surface area contributed by atoms with E-state index in [-0.39, 0.29) is 19.3 Å². The molecule has 0 spiro atoms. The SMILES string of the molecule is C[SiH2]CC(C)(C)CC(C)O[SiH2]C. The molecule has 1 atom stereocenters. The minimum atomic E-state index is -0.205. The molecule has 0 fully saturated rings. The lowest BCUT2D eigenvalue weighted by Crippen LogP contribution is -2.22. The molecule has 0 aromatic heterocycles. The predicted molar refractivity (Wildman–Crippen MR) is 62.6 cm³/mol. The van der Waals surface area contributed by atoms with E-state index in [0.717, 1.165) is 0 Å². The highest BCUT2D eigenvalue weighted by molar-refractivity contribution is 6.33. The molecule has 0 aliphatic heterocycles. The summed E-state index contributed by atoms with van der Waals surface area (Å²) in [6.45, 7) is 11.6. The molecule has 0 radical (unpaired) electrons. The Hall–Kier alpha value is 0.394. The molecule has 74 valence electrons. The minimum Gasteiger partial charge on any atom is -0.422 e. The maximum absolute atomic E-state index is 5.68. The van der Waals surface area contributed by atoms with Gasteiger partial charge in [0.15, 0.2) is 9.76 Å². The molecule has 12 heavy (non-hydrogen) atoms. The van der Waals surface area contributed by atoms with E-state index in [2.05, 4.69) is 33.9 Å². The summed E-state index contributed by atoms with van der Waals surface area (Å²) in [5.74, 6) is 0. The van der Waals surface area contributed by atoms with Gasteiger partial charge in [0.05, 0.1) is 0 Å². The van der Waals surface area contributed by atoms with E-state index in [4.69, 9.17) is 4.43 Å². The van der Waals surface area contributed by atoms with Crippen LogP contribution in [0.1, 0.15) is 27.2 Å². The molecule has 3 heteroatoms. The molecule has 0 aliphatic rings. The number of hydrogen-bond acceptors (Lipinski definition) is 1. The van der Waals surface area contributed by atoms with Gasteiger partial charge in [-0.15, -0.1) is 0 Å². The van der Waals surface area contributed by atoms with Gasteiger partial charge in [0.25, 0.3) is 0 Å². The zero-order chi connectivity index (χ0) is 9.61. The van der Waals surface area contributed by atoms with Gasteiger partial charge >= 0.3 is 0 Å². The van der Waals surface area contributed by atoms with E-state index in [1.807, 2.05) is 0 Å². The normalized spacial score (nSPS) is 16.8. The molecule has 0 saturated carbocycles. The fourth-order valence-electron chi connectivity index (χ4n) is 1.90. The molecule has 0 saturated heterocycles. The topological polar surface area (TPSA) is 9.23 Å². The molecule has 0 aromatic carbocycles. The Bertz CT molecular complexity index is 115. The van der Waals surface area contributed by atoms with Crippen molar-refractivity contribution < 1.29 is 4.43 Å². The van der Waals surface area contributed by atoms with Gasteiger partial charge < -0.3 is 4.43 Å². The molecule has 1 unspecified atom stereocenters. The Kier molecular flexibility index (Phi) is 6.14. The molecule has 0 heterocycles. The molecule has 0 bridgehead atoms. The van der Waals surface area contributed by atoms with Crippen molar-refractivity contribution in [3.8, 4) is 0 Å². The number of hydrogen-bond donors (Lipinski definition) is 0. The highest BCUT2D eigenvalue weighted by Gasteiger charge is 2.19. The van der Waals surface area contributed by atoms with E-state index in [1.165, 1.54) is 12.5 Å². The molecule has 0 aliphatic carbocycles. The third kappa shape index (κ3) is 5.97. The number of rotatable bonds is 6. The van der Waals surface area contributed by atoms with Crippen LogP contribution in [0.15, 0.2) is 0 Å². The largest absolute Gasteiger partial charge is 0.422 e. The van der Waals surface area contributed by atoms with Crippen molar-refractivity contribution in [1.82, 2.24) is 0 Å². The first-order chi connectivity index (χ1) is 5.52. The van der Waals surface area contributed by atoms with Crippen LogP contribution in [-0.2, 0) is 4.43 Å². The molecule has 0 amide bonds. The van der Waals surface area contributed by atoms with E-state index >= 15 is 0 Å². The van der Waals surface area contributed by atoms with Crippen molar-refractivity contribution in [3.05, 3.63) is 0 Å². The van der Waals surface area contributed by atoms with Crippen molar-refractivity contribution in [2.75, 3.05) is 0 Å². The third-order valence-corrected chi connectivity index (χ3v) is 4.97.